The van der Waals surface area contributed by atoms with Gasteiger partial charge in [-0.15, -0.1) is 0 Å². The molecule has 0 saturated heterocycles. The summed E-state index contributed by atoms with van der Waals surface area (Å²) in [7, 11) is 0. The summed E-state index contributed by atoms with van der Waals surface area (Å²) < 4.78 is 0. The molecule has 2 heterocycles. The Balaban J connectivity index is 1.49. The minimum Gasteiger partial charge on any atom is -0.310 e. The zero-order chi connectivity index (χ0) is 17.0. The Kier molecular flexibility index (Phi) is 2.95. The molecule has 0 spiro atoms. The van der Waals surface area contributed by atoms with Gasteiger partial charge in [-0.3, -0.25) is 14.5 Å². The Hall–Kier alpha value is -3.14. The van der Waals surface area contributed by atoms with Gasteiger partial charge in [0, 0.05) is 23.2 Å². The number of benzene rings is 3. The maximum absolute atomic E-state index is 12.9. The summed E-state index contributed by atoms with van der Waals surface area (Å²) in [6.07, 6.45) is 0.867. The molecular weight excluding hydrogens is 312 g/mol. The van der Waals surface area contributed by atoms with Crippen molar-refractivity contribution in [3.63, 3.8) is 0 Å². The third-order valence-electron chi connectivity index (χ3n) is 5.13. The van der Waals surface area contributed by atoms with Gasteiger partial charge in [0.15, 0.2) is 0 Å². The molecule has 2 aliphatic heterocycles. The lowest BCUT2D eigenvalue weighted by atomic mass is 10.1. The average Bonchev–Trinajstić information content (AvgIpc) is 3.19. The molecule has 4 nitrogen and oxygen atoms in total. The van der Waals surface area contributed by atoms with Crippen LogP contribution in [0, 0.1) is 0 Å². The monoisotopic (exact) mass is 328 g/mol. The van der Waals surface area contributed by atoms with Crippen molar-refractivity contribution in [2.75, 3.05) is 22.9 Å². The van der Waals surface area contributed by atoms with E-state index in [1.165, 1.54) is 5.56 Å². The van der Waals surface area contributed by atoms with Crippen molar-refractivity contribution in [3.05, 3.63) is 71.8 Å². The number of amides is 2. The first kappa shape index (κ1) is 14.2. The van der Waals surface area contributed by atoms with Crippen LogP contribution in [0.3, 0.4) is 0 Å². The Bertz CT molecular complexity index is 1040. The Morgan fingerprint density at radius 1 is 0.920 bits per heavy atom. The molecule has 0 aromatic heterocycles. The van der Waals surface area contributed by atoms with Gasteiger partial charge in [-0.1, -0.05) is 42.5 Å². The van der Waals surface area contributed by atoms with Crippen LogP contribution in [0.4, 0.5) is 11.4 Å². The second-order valence-corrected chi connectivity index (χ2v) is 6.50. The van der Waals surface area contributed by atoms with E-state index in [4.69, 9.17) is 0 Å². The largest absolute Gasteiger partial charge is 0.310 e. The van der Waals surface area contributed by atoms with E-state index in [1.807, 2.05) is 54.6 Å². The molecule has 3 aromatic rings. The van der Waals surface area contributed by atoms with Gasteiger partial charge < -0.3 is 4.90 Å². The van der Waals surface area contributed by atoms with E-state index in [-0.39, 0.29) is 18.4 Å². The Morgan fingerprint density at radius 3 is 2.56 bits per heavy atom. The molecule has 3 aromatic carbocycles. The van der Waals surface area contributed by atoms with Crippen molar-refractivity contribution in [2.24, 2.45) is 0 Å². The van der Waals surface area contributed by atoms with Crippen LogP contribution < -0.4 is 9.80 Å². The second kappa shape index (κ2) is 5.18. The predicted octanol–water partition coefficient (Wildman–Crippen LogP) is 3.39. The quantitative estimate of drug-likeness (QED) is 0.723. The third-order valence-corrected chi connectivity index (χ3v) is 5.13. The summed E-state index contributed by atoms with van der Waals surface area (Å²) in [4.78, 5) is 29.1. The molecule has 0 N–H and O–H groups in total. The first-order valence-corrected chi connectivity index (χ1v) is 8.46. The van der Waals surface area contributed by atoms with Gasteiger partial charge in [0.2, 0.25) is 5.91 Å². The molecule has 5 rings (SSSR count). The van der Waals surface area contributed by atoms with Crippen molar-refractivity contribution >= 4 is 34.0 Å². The molecule has 2 amide bonds. The Labute approximate surface area is 145 Å². The van der Waals surface area contributed by atoms with Crippen LogP contribution in [-0.4, -0.2) is 24.9 Å². The maximum atomic E-state index is 12.9. The lowest BCUT2D eigenvalue weighted by Gasteiger charge is -2.22. The highest BCUT2D eigenvalue weighted by Gasteiger charge is 2.33. The van der Waals surface area contributed by atoms with E-state index in [0.717, 1.165) is 28.6 Å². The molecule has 2 aliphatic rings. The van der Waals surface area contributed by atoms with Crippen LogP contribution in [-0.2, 0) is 11.2 Å². The molecule has 0 radical (unpaired) electrons. The number of carbonyl (C=O) groups excluding carboxylic acids is 2. The number of fused-ring (bicyclic) bond motifs is 1. The molecule has 0 aliphatic carbocycles. The lowest BCUT2D eigenvalue weighted by molar-refractivity contribution is -0.117. The highest BCUT2D eigenvalue weighted by molar-refractivity contribution is 6.26. The molecule has 0 unspecified atom stereocenters. The van der Waals surface area contributed by atoms with Crippen molar-refractivity contribution < 1.29 is 9.59 Å². The van der Waals surface area contributed by atoms with Crippen molar-refractivity contribution in [1.29, 1.82) is 0 Å². The first-order chi connectivity index (χ1) is 12.2. The summed E-state index contributed by atoms with van der Waals surface area (Å²) in [6, 6.07) is 19.5. The zero-order valence-electron chi connectivity index (χ0n) is 13.6. The van der Waals surface area contributed by atoms with Crippen LogP contribution in [0.25, 0.3) is 10.8 Å². The van der Waals surface area contributed by atoms with E-state index in [9.17, 15) is 9.59 Å². The normalized spacial score (nSPS) is 15.1. The molecule has 0 bridgehead atoms. The molecule has 0 fully saturated rings. The number of rotatable bonds is 2. The minimum atomic E-state index is -0.0902. The van der Waals surface area contributed by atoms with Gasteiger partial charge in [-0.2, -0.15) is 0 Å². The number of hydrogen-bond acceptors (Lipinski definition) is 2. The summed E-state index contributed by atoms with van der Waals surface area (Å²) in [5.74, 6) is -0.129. The topological polar surface area (TPSA) is 40.6 Å². The first-order valence-electron chi connectivity index (χ1n) is 8.46. The highest BCUT2D eigenvalue weighted by atomic mass is 16.2. The fourth-order valence-electron chi connectivity index (χ4n) is 3.95. The van der Waals surface area contributed by atoms with Gasteiger partial charge in [0.05, 0.1) is 5.69 Å². The van der Waals surface area contributed by atoms with Gasteiger partial charge in [0.25, 0.3) is 5.91 Å². The second-order valence-electron chi connectivity index (χ2n) is 6.50. The van der Waals surface area contributed by atoms with Gasteiger partial charge in [0.1, 0.15) is 6.54 Å². The minimum absolute atomic E-state index is 0.0388. The van der Waals surface area contributed by atoms with Crippen molar-refractivity contribution in [1.82, 2.24) is 0 Å². The molecule has 4 heteroatoms. The fourth-order valence-corrected chi connectivity index (χ4v) is 3.95. The molecule has 0 saturated carbocycles. The SMILES string of the molecule is O=C(CN1C(=O)c2cccc3cccc1c23)N1CCc2ccccc21. The van der Waals surface area contributed by atoms with E-state index >= 15 is 0 Å². The number of para-hydroxylation sites is 1. The maximum Gasteiger partial charge on any atom is 0.259 e. The van der Waals surface area contributed by atoms with Crippen molar-refractivity contribution in [3.8, 4) is 0 Å². The summed E-state index contributed by atoms with van der Waals surface area (Å²) in [6.45, 7) is 0.748. The van der Waals surface area contributed by atoms with Crippen LogP contribution in [0.1, 0.15) is 15.9 Å². The van der Waals surface area contributed by atoms with Crippen LogP contribution in [0.5, 0.6) is 0 Å². The predicted molar refractivity (Wildman–Crippen MR) is 98.1 cm³/mol. The fraction of sp³-hybridized carbons (Fsp3) is 0.143. The van der Waals surface area contributed by atoms with E-state index in [2.05, 4.69) is 6.07 Å². The summed E-state index contributed by atoms with van der Waals surface area (Å²) >= 11 is 0. The van der Waals surface area contributed by atoms with Gasteiger partial charge in [-0.25, -0.2) is 0 Å². The van der Waals surface area contributed by atoms with E-state index in [1.54, 1.807) is 9.80 Å². The number of hydrogen-bond donors (Lipinski definition) is 0. The number of anilines is 2. The number of nitrogens with zero attached hydrogens (tertiary/aromatic N) is 2. The summed E-state index contributed by atoms with van der Waals surface area (Å²) in [5, 5.41) is 1.98. The molecule has 0 atom stereocenters. The molecule has 25 heavy (non-hydrogen) atoms. The van der Waals surface area contributed by atoms with Crippen LogP contribution in [0.15, 0.2) is 60.7 Å². The van der Waals surface area contributed by atoms with Crippen LogP contribution >= 0.6 is 0 Å². The molecular formula is C21H16N2O2. The third kappa shape index (κ3) is 2.00. The van der Waals surface area contributed by atoms with Crippen molar-refractivity contribution in [2.45, 2.75) is 6.42 Å². The van der Waals surface area contributed by atoms with Gasteiger partial charge in [-0.05, 0) is 35.6 Å². The lowest BCUT2D eigenvalue weighted by Crippen LogP contribution is -2.41. The van der Waals surface area contributed by atoms with Gasteiger partial charge >= 0.3 is 0 Å². The summed E-state index contributed by atoms with van der Waals surface area (Å²) in [5.41, 5.74) is 3.67. The molecule has 122 valence electrons. The standard InChI is InChI=1S/C21H16N2O2/c24-19(22-12-11-14-5-1-2-9-17(14)22)13-23-18-10-4-7-15-6-3-8-16(20(15)18)21(23)25/h1-10H,11-13H2. The Morgan fingerprint density at radius 2 is 1.68 bits per heavy atom. The van der Waals surface area contributed by atoms with E-state index in [0.29, 0.717) is 12.1 Å². The smallest absolute Gasteiger partial charge is 0.259 e. The average molecular weight is 328 g/mol. The highest BCUT2D eigenvalue weighted by Crippen LogP contribution is 2.37. The van der Waals surface area contributed by atoms with Crippen LogP contribution in [0.2, 0.25) is 0 Å². The number of carbonyl (C=O) groups is 2. The zero-order valence-corrected chi connectivity index (χ0v) is 13.6. The van der Waals surface area contributed by atoms with E-state index < -0.39 is 0 Å².